The average Bonchev–Trinajstić information content (AvgIpc) is 2.59. The molecule has 0 aromatic rings. The van der Waals surface area contributed by atoms with E-state index in [1.54, 1.807) is 11.8 Å². The van der Waals surface area contributed by atoms with Gasteiger partial charge in [-0.15, -0.1) is 24.0 Å². The van der Waals surface area contributed by atoms with Crippen LogP contribution in [0.5, 0.6) is 0 Å². The minimum absolute atomic E-state index is 0. The summed E-state index contributed by atoms with van der Waals surface area (Å²) >= 11 is 0. The van der Waals surface area contributed by atoms with Crippen molar-refractivity contribution in [3.05, 3.63) is 0 Å². The van der Waals surface area contributed by atoms with E-state index in [-0.39, 0.29) is 36.0 Å². The van der Waals surface area contributed by atoms with Crippen LogP contribution in [0.2, 0.25) is 0 Å². The van der Waals surface area contributed by atoms with Gasteiger partial charge in [0.1, 0.15) is 0 Å². The molecule has 2 N–H and O–H groups in total. The molecule has 152 valence electrons. The van der Waals surface area contributed by atoms with Crippen molar-refractivity contribution in [1.29, 1.82) is 0 Å². The van der Waals surface area contributed by atoms with E-state index in [2.05, 4.69) is 20.5 Å². The Bertz CT molecular complexity index is 477. The number of aliphatic imine (C=N–C) groups is 1. The number of halogens is 1. The van der Waals surface area contributed by atoms with Crippen molar-refractivity contribution in [1.82, 2.24) is 20.4 Å². The molecule has 0 aromatic heterocycles. The largest absolute Gasteiger partial charge is 0.450 e. The van der Waals surface area contributed by atoms with Crippen molar-refractivity contribution >= 4 is 41.9 Å². The Morgan fingerprint density at radius 3 is 2.04 bits per heavy atom. The first kappa shape index (κ1) is 24.7. The Morgan fingerprint density at radius 2 is 1.54 bits per heavy atom. The zero-order valence-electron chi connectivity index (χ0n) is 16.6. The summed E-state index contributed by atoms with van der Waals surface area (Å²) < 4.78 is 5.04. The Hall–Kier alpha value is -1.26. The van der Waals surface area contributed by atoms with E-state index >= 15 is 0 Å². The molecule has 9 heteroatoms. The number of amides is 2. The predicted molar refractivity (Wildman–Crippen MR) is 114 cm³/mol. The molecule has 0 atom stereocenters. The zero-order valence-corrected chi connectivity index (χ0v) is 19.0. The summed E-state index contributed by atoms with van der Waals surface area (Å²) in [5.41, 5.74) is -0.566. The highest BCUT2D eigenvalue weighted by Gasteiger charge is 2.28. The summed E-state index contributed by atoms with van der Waals surface area (Å²) in [6, 6.07) is 0. The van der Waals surface area contributed by atoms with Gasteiger partial charge >= 0.3 is 6.09 Å². The molecular weight excluding hydrogens is 449 g/mol. The van der Waals surface area contributed by atoms with E-state index in [1.807, 2.05) is 27.7 Å². The normalized spacial score (nSPS) is 15.2. The smallest absolute Gasteiger partial charge is 0.409 e. The van der Waals surface area contributed by atoms with Gasteiger partial charge in [0.05, 0.1) is 18.6 Å². The molecule has 26 heavy (non-hydrogen) atoms. The number of hydrogen-bond acceptors (Lipinski definition) is 4. The molecule has 1 saturated heterocycles. The molecule has 0 aromatic carbocycles. The van der Waals surface area contributed by atoms with E-state index < -0.39 is 5.41 Å². The number of piperazine rings is 1. The van der Waals surface area contributed by atoms with Crippen LogP contribution in [0, 0.1) is 5.41 Å². The minimum Gasteiger partial charge on any atom is -0.450 e. The first-order valence-electron chi connectivity index (χ1n) is 9.08. The molecule has 0 spiro atoms. The lowest BCUT2D eigenvalue weighted by Gasteiger charge is -2.36. The second kappa shape index (κ2) is 12.2. The summed E-state index contributed by atoms with van der Waals surface area (Å²) in [5, 5.41) is 6.13. The molecule has 0 bridgehead atoms. The molecule has 1 fully saturated rings. The highest BCUT2D eigenvalue weighted by Crippen LogP contribution is 2.16. The lowest BCUT2D eigenvalue weighted by molar-refractivity contribution is -0.128. The number of rotatable bonds is 6. The van der Waals surface area contributed by atoms with Crippen LogP contribution in [0.25, 0.3) is 0 Å². The third-order valence-electron chi connectivity index (χ3n) is 4.02. The average molecular weight is 483 g/mol. The molecule has 0 aliphatic carbocycles. The SMILES string of the molecule is CCNC(=O)C(C)(C)CN=C(NCC)N1CCN(C(=O)OCC)CC1.I. The Morgan fingerprint density at radius 1 is 1.00 bits per heavy atom. The number of nitrogens with zero attached hydrogens (tertiary/aromatic N) is 3. The topological polar surface area (TPSA) is 86.3 Å². The number of carbonyl (C=O) groups excluding carboxylic acids is 2. The van der Waals surface area contributed by atoms with Crippen LogP contribution in [0.3, 0.4) is 0 Å². The van der Waals surface area contributed by atoms with Crippen LogP contribution in [0.1, 0.15) is 34.6 Å². The Labute approximate surface area is 174 Å². The number of carbonyl (C=O) groups is 2. The maximum Gasteiger partial charge on any atom is 0.409 e. The predicted octanol–water partition coefficient (Wildman–Crippen LogP) is 1.51. The van der Waals surface area contributed by atoms with E-state index in [9.17, 15) is 9.59 Å². The molecule has 1 aliphatic rings. The van der Waals surface area contributed by atoms with Crippen molar-refractivity contribution in [2.45, 2.75) is 34.6 Å². The van der Waals surface area contributed by atoms with Gasteiger partial charge in [0, 0.05) is 39.3 Å². The summed E-state index contributed by atoms with van der Waals surface area (Å²) in [7, 11) is 0. The molecule has 1 rings (SSSR count). The fourth-order valence-electron chi connectivity index (χ4n) is 2.49. The van der Waals surface area contributed by atoms with Crippen LogP contribution in [0.15, 0.2) is 4.99 Å². The van der Waals surface area contributed by atoms with Gasteiger partial charge in [-0.1, -0.05) is 0 Å². The summed E-state index contributed by atoms with van der Waals surface area (Å²) in [4.78, 5) is 32.4. The van der Waals surface area contributed by atoms with E-state index in [0.717, 1.165) is 12.5 Å². The second-order valence-corrected chi connectivity index (χ2v) is 6.59. The van der Waals surface area contributed by atoms with Crippen molar-refractivity contribution in [3.63, 3.8) is 0 Å². The van der Waals surface area contributed by atoms with Crippen LogP contribution in [-0.2, 0) is 9.53 Å². The molecule has 1 aliphatic heterocycles. The summed E-state index contributed by atoms with van der Waals surface area (Å²) in [5.74, 6) is 0.783. The van der Waals surface area contributed by atoms with Crippen molar-refractivity contribution in [2.75, 3.05) is 52.4 Å². The van der Waals surface area contributed by atoms with Crippen molar-refractivity contribution in [3.8, 4) is 0 Å². The van der Waals surface area contributed by atoms with E-state index in [0.29, 0.717) is 45.9 Å². The molecular formula is C17H34IN5O3. The first-order chi connectivity index (χ1) is 11.9. The van der Waals surface area contributed by atoms with Gasteiger partial charge in [0.25, 0.3) is 0 Å². The highest BCUT2D eigenvalue weighted by molar-refractivity contribution is 14.0. The molecule has 0 saturated carbocycles. The van der Waals surface area contributed by atoms with Gasteiger partial charge in [-0.05, 0) is 34.6 Å². The maximum absolute atomic E-state index is 12.1. The molecule has 1 heterocycles. The van der Waals surface area contributed by atoms with E-state index in [1.165, 1.54) is 0 Å². The molecule has 8 nitrogen and oxygen atoms in total. The lowest BCUT2D eigenvalue weighted by atomic mass is 9.92. The Kier molecular flexibility index (Phi) is 11.6. The number of hydrogen-bond donors (Lipinski definition) is 2. The fraction of sp³-hybridized carbons (Fsp3) is 0.824. The third kappa shape index (κ3) is 7.55. The van der Waals surface area contributed by atoms with Gasteiger partial charge in [0.15, 0.2) is 5.96 Å². The van der Waals surface area contributed by atoms with Gasteiger partial charge in [-0.3, -0.25) is 9.79 Å². The first-order valence-corrected chi connectivity index (χ1v) is 9.08. The van der Waals surface area contributed by atoms with Gasteiger partial charge < -0.3 is 25.2 Å². The lowest BCUT2D eigenvalue weighted by Crippen LogP contribution is -2.54. The molecule has 0 unspecified atom stereocenters. The second-order valence-electron chi connectivity index (χ2n) is 6.59. The van der Waals surface area contributed by atoms with Crippen LogP contribution in [0.4, 0.5) is 4.79 Å². The standard InChI is InChI=1S/C17H33N5O3.HI/c1-6-18-14(23)17(4,5)13-20-15(19-7-2)21-9-11-22(12-10-21)16(24)25-8-3;/h6-13H2,1-5H3,(H,18,23)(H,19,20);1H. The zero-order chi connectivity index (χ0) is 18.9. The van der Waals surface area contributed by atoms with Gasteiger partial charge in [-0.2, -0.15) is 0 Å². The van der Waals surface area contributed by atoms with Crippen LogP contribution < -0.4 is 10.6 Å². The number of ether oxygens (including phenoxy) is 1. The summed E-state index contributed by atoms with van der Waals surface area (Å²) in [6.45, 7) is 14.2. The molecule has 2 amide bonds. The number of guanidine groups is 1. The van der Waals surface area contributed by atoms with Gasteiger partial charge in [-0.25, -0.2) is 4.79 Å². The van der Waals surface area contributed by atoms with Gasteiger partial charge in [0.2, 0.25) is 5.91 Å². The van der Waals surface area contributed by atoms with Crippen LogP contribution >= 0.6 is 24.0 Å². The number of nitrogens with one attached hydrogen (secondary N) is 2. The fourth-order valence-corrected chi connectivity index (χ4v) is 2.49. The molecule has 0 radical (unpaired) electrons. The van der Waals surface area contributed by atoms with Crippen molar-refractivity contribution < 1.29 is 14.3 Å². The highest BCUT2D eigenvalue weighted by atomic mass is 127. The maximum atomic E-state index is 12.1. The van der Waals surface area contributed by atoms with E-state index in [4.69, 9.17) is 4.74 Å². The Balaban J connectivity index is 0.00000625. The minimum atomic E-state index is -0.566. The third-order valence-corrected chi connectivity index (χ3v) is 4.02. The quantitative estimate of drug-likeness (QED) is 0.340. The monoisotopic (exact) mass is 483 g/mol. The van der Waals surface area contributed by atoms with Crippen molar-refractivity contribution in [2.24, 2.45) is 10.4 Å². The summed E-state index contributed by atoms with van der Waals surface area (Å²) in [6.07, 6.45) is -0.263. The van der Waals surface area contributed by atoms with Crippen LogP contribution in [-0.4, -0.2) is 80.2 Å².